The molecule has 5 nitrogen and oxygen atoms in total. The van der Waals surface area contributed by atoms with Gasteiger partial charge in [0.05, 0.1) is 16.8 Å². The van der Waals surface area contributed by atoms with Gasteiger partial charge < -0.3 is 5.11 Å². The molecule has 2 aromatic carbocycles. The molecular weight excluding hydrogens is 370 g/mol. The summed E-state index contributed by atoms with van der Waals surface area (Å²) in [7, 11) is 0. The number of rotatable bonds is 4. The second-order valence-electron chi connectivity index (χ2n) is 5.93. The molecule has 0 aliphatic heterocycles. The predicted octanol–water partition coefficient (Wildman–Crippen LogP) is 4.87. The van der Waals surface area contributed by atoms with Crippen LogP contribution in [-0.2, 0) is 6.54 Å². The second kappa shape index (κ2) is 6.55. The fourth-order valence-electron chi connectivity index (χ4n) is 2.82. The molecule has 7 heteroatoms. The van der Waals surface area contributed by atoms with E-state index in [0.717, 1.165) is 32.0 Å². The van der Waals surface area contributed by atoms with Gasteiger partial charge in [0.1, 0.15) is 5.01 Å². The molecule has 4 rings (SSSR count). The molecule has 0 spiro atoms. The van der Waals surface area contributed by atoms with Crippen LogP contribution in [0.4, 0.5) is 0 Å². The highest BCUT2D eigenvalue weighted by Gasteiger charge is 2.15. The van der Waals surface area contributed by atoms with Crippen molar-refractivity contribution < 1.29 is 9.90 Å². The maximum atomic E-state index is 11.1. The van der Waals surface area contributed by atoms with Crippen molar-refractivity contribution in [1.29, 1.82) is 0 Å². The van der Waals surface area contributed by atoms with E-state index in [1.807, 2.05) is 49.4 Å². The molecule has 1 N–H and O–H groups in total. The number of aromatic carboxylic acids is 1. The van der Waals surface area contributed by atoms with Gasteiger partial charge in [-0.15, -0.1) is 11.3 Å². The summed E-state index contributed by atoms with van der Waals surface area (Å²) in [6.07, 6.45) is 0. The van der Waals surface area contributed by atoms with E-state index in [1.165, 1.54) is 0 Å². The summed E-state index contributed by atoms with van der Waals surface area (Å²) in [6.45, 7) is 2.27. The Morgan fingerprint density at radius 2 is 2.00 bits per heavy atom. The van der Waals surface area contributed by atoms with Crippen LogP contribution in [0.2, 0.25) is 5.02 Å². The summed E-state index contributed by atoms with van der Waals surface area (Å²) < 4.78 is 2.70. The lowest BCUT2D eigenvalue weighted by atomic mass is 10.2. The number of carbonyl (C=O) groups is 1. The van der Waals surface area contributed by atoms with Gasteiger partial charge in [-0.05, 0) is 30.7 Å². The van der Waals surface area contributed by atoms with Gasteiger partial charge in [-0.3, -0.25) is 4.68 Å². The van der Waals surface area contributed by atoms with Gasteiger partial charge in [-0.25, -0.2) is 9.78 Å². The molecule has 0 radical (unpaired) electrons. The van der Waals surface area contributed by atoms with Crippen LogP contribution >= 0.6 is 22.9 Å². The molecular formula is C19H14ClN3O2S. The van der Waals surface area contributed by atoms with Crippen molar-refractivity contribution in [3.05, 3.63) is 70.5 Å². The molecule has 0 atom stereocenters. The average molecular weight is 384 g/mol. The SMILES string of the molecule is Cc1cc(C(=O)O)nn1Cc1cc(Cl)cc2nc(-c3ccccc3)sc12. The van der Waals surface area contributed by atoms with Crippen molar-refractivity contribution in [3.63, 3.8) is 0 Å². The summed E-state index contributed by atoms with van der Waals surface area (Å²) >= 11 is 7.88. The van der Waals surface area contributed by atoms with Crippen LogP contribution < -0.4 is 0 Å². The highest BCUT2D eigenvalue weighted by molar-refractivity contribution is 7.21. The van der Waals surface area contributed by atoms with Gasteiger partial charge in [-0.2, -0.15) is 5.10 Å². The first-order valence-electron chi connectivity index (χ1n) is 7.93. The summed E-state index contributed by atoms with van der Waals surface area (Å²) in [5.41, 5.74) is 3.67. The number of carboxylic acid groups (broad SMARTS) is 1. The molecule has 26 heavy (non-hydrogen) atoms. The number of aryl methyl sites for hydroxylation is 1. The van der Waals surface area contributed by atoms with Crippen LogP contribution in [0, 0.1) is 6.92 Å². The number of halogens is 1. The normalized spacial score (nSPS) is 11.2. The summed E-state index contributed by atoms with van der Waals surface area (Å²) in [4.78, 5) is 15.9. The van der Waals surface area contributed by atoms with Crippen molar-refractivity contribution >= 4 is 39.1 Å². The number of carboxylic acids is 1. The Kier molecular flexibility index (Phi) is 4.22. The van der Waals surface area contributed by atoms with Crippen LogP contribution in [0.15, 0.2) is 48.5 Å². The highest BCUT2D eigenvalue weighted by Crippen LogP contribution is 2.34. The zero-order chi connectivity index (χ0) is 18.3. The molecule has 130 valence electrons. The molecule has 0 saturated heterocycles. The van der Waals surface area contributed by atoms with Crippen LogP contribution in [0.3, 0.4) is 0 Å². The molecule has 0 aliphatic rings. The first-order valence-corrected chi connectivity index (χ1v) is 9.13. The van der Waals surface area contributed by atoms with Crippen LogP contribution in [0.5, 0.6) is 0 Å². The van der Waals surface area contributed by atoms with Gasteiger partial charge in [0.2, 0.25) is 0 Å². The first kappa shape index (κ1) is 16.8. The highest BCUT2D eigenvalue weighted by atomic mass is 35.5. The van der Waals surface area contributed by atoms with Crippen LogP contribution in [0.1, 0.15) is 21.7 Å². The summed E-state index contributed by atoms with van der Waals surface area (Å²) in [5.74, 6) is -1.03. The number of hydrogen-bond donors (Lipinski definition) is 1. The van der Waals surface area contributed by atoms with Gasteiger partial charge in [-0.1, -0.05) is 41.9 Å². The van der Waals surface area contributed by atoms with Gasteiger partial charge >= 0.3 is 5.97 Å². The number of fused-ring (bicyclic) bond motifs is 1. The lowest BCUT2D eigenvalue weighted by molar-refractivity contribution is 0.0689. The van der Waals surface area contributed by atoms with Crippen molar-refractivity contribution in [2.45, 2.75) is 13.5 Å². The quantitative estimate of drug-likeness (QED) is 0.546. The van der Waals surface area contributed by atoms with Crippen LogP contribution in [0.25, 0.3) is 20.8 Å². The molecule has 0 bridgehead atoms. The maximum absolute atomic E-state index is 11.1. The number of nitrogens with zero attached hydrogens (tertiary/aromatic N) is 3. The fourth-order valence-corrected chi connectivity index (χ4v) is 4.11. The molecule has 0 aliphatic carbocycles. The molecule has 0 amide bonds. The van der Waals surface area contributed by atoms with Gasteiger partial charge in [0, 0.05) is 16.3 Å². The topological polar surface area (TPSA) is 68.0 Å². The number of hydrogen-bond acceptors (Lipinski definition) is 4. The third kappa shape index (κ3) is 3.09. The third-order valence-electron chi connectivity index (χ3n) is 4.07. The van der Waals surface area contributed by atoms with Crippen molar-refractivity contribution in [3.8, 4) is 10.6 Å². The van der Waals surface area contributed by atoms with E-state index in [4.69, 9.17) is 21.7 Å². The van der Waals surface area contributed by atoms with Gasteiger partial charge in [0.25, 0.3) is 0 Å². The molecule has 4 aromatic rings. The third-order valence-corrected chi connectivity index (χ3v) is 5.49. The van der Waals surface area contributed by atoms with E-state index in [2.05, 4.69) is 5.10 Å². The zero-order valence-electron chi connectivity index (χ0n) is 13.8. The molecule has 0 fully saturated rings. The van der Waals surface area contributed by atoms with Crippen molar-refractivity contribution in [2.75, 3.05) is 0 Å². The van der Waals surface area contributed by atoms with E-state index in [-0.39, 0.29) is 5.69 Å². The first-order chi connectivity index (χ1) is 12.5. The zero-order valence-corrected chi connectivity index (χ0v) is 15.4. The molecule has 2 heterocycles. The smallest absolute Gasteiger partial charge is 0.356 e. The summed E-state index contributed by atoms with van der Waals surface area (Å²) in [5, 5.41) is 14.8. The minimum Gasteiger partial charge on any atom is -0.476 e. The Bertz CT molecular complexity index is 1120. The monoisotopic (exact) mass is 383 g/mol. The average Bonchev–Trinajstić information content (AvgIpc) is 3.20. The fraction of sp³-hybridized carbons (Fsp3) is 0.105. The van der Waals surface area contributed by atoms with E-state index >= 15 is 0 Å². The summed E-state index contributed by atoms with van der Waals surface area (Å²) in [6, 6.07) is 15.3. The lowest BCUT2D eigenvalue weighted by Crippen LogP contribution is -2.06. The Balaban J connectivity index is 1.80. The van der Waals surface area contributed by atoms with Gasteiger partial charge in [0.15, 0.2) is 5.69 Å². The Morgan fingerprint density at radius 3 is 2.69 bits per heavy atom. The largest absolute Gasteiger partial charge is 0.476 e. The molecule has 0 unspecified atom stereocenters. The standard InChI is InChI=1S/C19H14ClN3O2S/c1-11-7-16(19(24)25)22-23(11)10-13-8-14(20)9-15-17(13)26-18(21-15)12-5-3-2-4-6-12/h2-9H,10H2,1H3,(H,24,25). The lowest BCUT2D eigenvalue weighted by Gasteiger charge is -2.06. The second-order valence-corrected chi connectivity index (χ2v) is 7.37. The van der Waals surface area contributed by atoms with E-state index in [1.54, 1.807) is 22.1 Å². The van der Waals surface area contributed by atoms with E-state index in [9.17, 15) is 4.79 Å². The Morgan fingerprint density at radius 1 is 1.23 bits per heavy atom. The maximum Gasteiger partial charge on any atom is 0.356 e. The minimum atomic E-state index is -1.03. The molecule has 0 saturated carbocycles. The number of benzene rings is 2. The minimum absolute atomic E-state index is 0.0371. The van der Waals surface area contributed by atoms with Crippen molar-refractivity contribution in [1.82, 2.24) is 14.8 Å². The van der Waals surface area contributed by atoms with Crippen LogP contribution in [-0.4, -0.2) is 25.8 Å². The number of aromatic nitrogens is 3. The Labute approximate surface area is 158 Å². The van der Waals surface area contributed by atoms with E-state index in [0.29, 0.717) is 11.6 Å². The van der Waals surface area contributed by atoms with E-state index < -0.39 is 5.97 Å². The number of thiazole rings is 1. The predicted molar refractivity (Wildman–Crippen MR) is 103 cm³/mol. The molecule has 2 aromatic heterocycles. The van der Waals surface area contributed by atoms with Crippen molar-refractivity contribution in [2.24, 2.45) is 0 Å². The Hall–Kier alpha value is -2.70.